The number of amides is 2. The zero-order valence-corrected chi connectivity index (χ0v) is 15.0. The number of carbonyl (C=O) groups is 2. The first-order chi connectivity index (χ1) is 12.0. The summed E-state index contributed by atoms with van der Waals surface area (Å²) >= 11 is 2.32. The van der Waals surface area contributed by atoms with Gasteiger partial charge in [0.2, 0.25) is 11.8 Å². The van der Waals surface area contributed by atoms with E-state index in [0.29, 0.717) is 16.5 Å². The molecule has 4 rings (SSSR count). The molecule has 1 aromatic heterocycles. The van der Waals surface area contributed by atoms with Crippen molar-refractivity contribution in [1.29, 1.82) is 0 Å². The van der Waals surface area contributed by atoms with E-state index in [2.05, 4.69) is 10.3 Å². The molecule has 25 heavy (non-hydrogen) atoms. The molecule has 2 aliphatic heterocycles. The van der Waals surface area contributed by atoms with E-state index < -0.39 is 17.1 Å². The molecule has 2 N–H and O–H groups in total. The van der Waals surface area contributed by atoms with E-state index in [4.69, 9.17) is 9.47 Å². The predicted molar refractivity (Wildman–Crippen MR) is 92.6 cm³/mol. The van der Waals surface area contributed by atoms with E-state index in [1.165, 1.54) is 18.9 Å². The lowest BCUT2D eigenvalue weighted by Gasteiger charge is -2.30. The van der Waals surface area contributed by atoms with Crippen molar-refractivity contribution in [3.63, 3.8) is 0 Å². The molecular weight excluding hydrogens is 364 g/mol. The lowest BCUT2D eigenvalue weighted by molar-refractivity contribution is -0.125. The summed E-state index contributed by atoms with van der Waals surface area (Å²) in [5.74, 6) is -0.477. The maximum atomic E-state index is 12.4. The maximum Gasteiger partial charge on any atom is 0.305 e. The molecule has 0 saturated carbocycles. The Bertz CT molecular complexity index is 935. The lowest BCUT2D eigenvalue weighted by Crippen LogP contribution is -2.31. The highest BCUT2D eigenvalue weighted by molar-refractivity contribution is 8.00. The Hall–Kier alpha value is -2.26. The van der Waals surface area contributed by atoms with Crippen LogP contribution >= 0.6 is 23.1 Å². The standard InChI is InChI=1S/C16H14N2O5S2/c1-22-7-4-3-6(5-8(7)23-2)9-10-11(14(20)17-13(10)19)24-15-12(9)25-16(21)18-15/h3-5,9-11H,1-2H3,(H,18,21)(H,17,19,20)/t9-,10-,11-/m0/s1. The molecule has 130 valence electrons. The van der Waals surface area contributed by atoms with Gasteiger partial charge in [-0.3, -0.25) is 19.7 Å². The van der Waals surface area contributed by atoms with E-state index >= 15 is 0 Å². The van der Waals surface area contributed by atoms with Crippen LogP contribution in [0, 0.1) is 5.92 Å². The summed E-state index contributed by atoms with van der Waals surface area (Å²) in [6.45, 7) is 0. The van der Waals surface area contributed by atoms with Crippen LogP contribution in [0.2, 0.25) is 0 Å². The number of ether oxygens (including phenoxy) is 2. The number of aromatic amines is 1. The molecule has 0 radical (unpaired) electrons. The van der Waals surface area contributed by atoms with Crippen molar-refractivity contribution >= 4 is 34.9 Å². The Morgan fingerprint density at radius 3 is 2.52 bits per heavy atom. The van der Waals surface area contributed by atoms with Crippen molar-refractivity contribution in [3.05, 3.63) is 38.3 Å². The van der Waals surface area contributed by atoms with Gasteiger partial charge in [0.25, 0.3) is 0 Å². The minimum atomic E-state index is -0.561. The molecular formula is C16H14N2O5S2. The molecule has 2 amide bonds. The largest absolute Gasteiger partial charge is 0.493 e. The van der Waals surface area contributed by atoms with Crippen LogP contribution in [0.4, 0.5) is 0 Å². The first-order valence-corrected chi connectivity index (χ1v) is 9.19. The highest BCUT2D eigenvalue weighted by Crippen LogP contribution is 2.51. The normalized spacial score (nSPS) is 24.5. The van der Waals surface area contributed by atoms with Crippen molar-refractivity contribution in [1.82, 2.24) is 10.3 Å². The fraction of sp³-hybridized carbons (Fsp3) is 0.312. The van der Waals surface area contributed by atoms with Gasteiger partial charge in [-0.2, -0.15) is 0 Å². The Labute approximate surface area is 150 Å². The summed E-state index contributed by atoms with van der Waals surface area (Å²) in [4.78, 5) is 39.8. The number of benzene rings is 1. The second-order valence-electron chi connectivity index (χ2n) is 5.72. The number of methoxy groups -OCH3 is 2. The van der Waals surface area contributed by atoms with Gasteiger partial charge in [-0.25, -0.2) is 0 Å². The van der Waals surface area contributed by atoms with Crippen LogP contribution in [0.25, 0.3) is 0 Å². The van der Waals surface area contributed by atoms with Crippen molar-refractivity contribution in [2.24, 2.45) is 5.92 Å². The molecule has 0 unspecified atom stereocenters. The summed E-state index contributed by atoms with van der Waals surface area (Å²) in [6, 6.07) is 5.39. The smallest absolute Gasteiger partial charge is 0.305 e. The summed E-state index contributed by atoms with van der Waals surface area (Å²) in [6.07, 6.45) is 0. The molecule has 2 aromatic rings. The molecule has 2 aliphatic rings. The monoisotopic (exact) mass is 378 g/mol. The molecule has 7 nitrogen and oxygen atoms in total. The van der Waals surface area contributed by atoms with Gasteiger partial charge in [0.15, 0.2) is 11.5 Å². The van der Waals surface area contributed by atoms with Crippen LogP contribution in [0.3, 0.4) is 0 Å². The van der Waals surface area contributed by atoms with Gasteiger partial charge in [-0.05, 0) is 17.7 Å². The van der Waals surface area contributed by atoms with Crippen molar-refractivity contribution in [3.8, 4) is 11.5 Å². The number of imide groups is 1. The summed E-state index contributed by atoms with van der Waals surface area (Å²) < 4.78 is 10.6. The molecule has 1 saturated heterocycles. The van der Waals surface area contributed by atoms with Gasteiger partial charge in [0, 0.05) is 10.8 Å². The number of nitrogens with one attached hydrogen (secondary N) is 2. The average Bonchev–Trinajstić information content (AvgIpc) is 3.11. The van der Waals surface area contributed by atoms with Crippen LogP contribution in [-0.4, -0.2) is 36.3 Å². The Morgan fingerprint density at radius 2 is 1.80 bits per heavy atom. The first kappa shape index (κ1) is 16.2. The summed E-state index contributed by atoms with van der Waals surface area (Å²) in [5, 5.41) is 2.51. The maximum absolute atomic E-state index is 12.4. The minimum Gasteiger partial charge on any atom is -0.493 e. The molecule has 0 spiro atoms. The number of rotatable bonds is 3. The second-order valence-corrected chi connectivity index (χ2v) is 7.88. The number of thiazole rings is 1. The van der Waals surface area contributed by atoms with Crippen LogP contribution in [0.1, 0.15) is 16.4 Å². The third-order valence-electron chi connectivity index (χ3n) is 4.43. The second kappa shape index (κ2) is 5.92. The number of hydrogen-bond acceptors (Lipinski definition) is 7. The Morgan fingerprint density at radius 1 is 1.04 bits per heavy atom. The van der Waals surface area contributed by atoms with E-state index in [9.17, 15) is 14.4 Å². The zero-order chi connectivity index (χ0) is 17.7. The molecule has 3 heterocycles. The Balaban J connectivity index is 1.90. The van der Waals surface area contributed by atoms with Crippen molar-refractivity contribution in [2.75, 3.05) is 14.2 Å². The van der Waals surface area contributed by atoms with Crippen LogP contribution in [0.15, 0.2) is 28.0 Å². The topological polar surface area (TPSA) is 97.5 Å². The predicted octanol–water partition coefficient (Wildman–Crippen LogP) is 1.33. The van der Waals surface area contributed by atoms with E-state index in [-0.39, 0.29) is 16.7 Å². The van der Waals surface area contributed by atoms with E-state index in [1.807, 2.05) is 6.07 Å². The molecule has 1 fully saturated rings. The van der Waals surface area contributed by atoms with Crippen molar-refractivity contribution < 1.29 is 19.1 Å². The third-order valence-corrected chi connectivity index (χ3v) is 6.84. The van der Waals surface area contributed by atoms with Gasteiger partial charge in [0.1, 0.15) is 5.25 Å². The average molecular weight is 378 g/mol. The van der Waals surface area contributed by atoms with Crippen LogP contribution in [0.5, 0.6) is 11.5 Å². The SMILES string of the molecule is COc1ccc([C@@H]2c3sc(=O)[nH]c3S[C@@H]3C(=O)NC(=O)[C@@H]23)cc1OC. The quantitative estimate of drug-likeness (QED) is 0.782. The zero-order valence-electron chi connectivity index (χ0n) is 13.3. The van der Waals surface area contributed by atoms with Gasteiger partial charge < -0.3 is 14.5 Å². The number of aromatic nitrogens is 1. The van der Waals surface area contributed by atoms with E-state index in [0.717, 1.165) is 21.8 Å². The fourth-order valence-electron chi connectivity index (χ4n) is 3.34. The molecule has 0 aliphatic carbocycles. The van der Waals surface area contributed by atoms with Crippen LogP contribution < -0.4 is 19.7 Å². The van der Waals surface area contributed by atoms with Crippen molar-refractivity contribution in [2.45, 2.75) is 16.2 Å². The summed E-state index contributed by atoms with van der Waals surface area (Å²) in [7, 11) is 3.08. The Kier molecular flexibility index (Phi) is 3.84. The first-order valence-electron chi connectivity index (χ1n) is 7.49. The minimum absolute atomic E-state index is 0.198. The van der Waals surface area contributed by atoms with Gasteiger partial charge in [-0.1, -0.05) is 29.2 Å². The number of fused-ring (bicyclic) bond motifs is 2. The van der Waals surface area contributed by atoms with Gasteiger partial charge in [0.05, 0.1) is 25.2 Å². The number of carbonyl (C=O) groups excluding carboxylic acids is 2. The third kappa shape index (κ3) is 2.46. The fourth-order valence-corrected chi connectivity index (χ4v) is 5.82. The van der Waals surface area contributed by atoms with Gasteiger partial charge >= 0.3 is 4.87 Å². The molecule has 1 aromatic carbocycles. The van der Waals surface area contributed by atoms with Gasteiger partial charge in [-0.15, -0.1) is 0 Å². The highest BCUT2D eigenvalue weighted by Gasteiger charge is 2.52. The van der Waals surface area contributed by atoms with E-state index in [1.54, 1.807) is 19.2 Å². The number of hydrogen-bond donors (Lipinski definition) is 2. The lowest BCUT2D eigenvalue weighted by atomic mass is 9.83. The number of thioether (sulfide) groups is 1. The number of H-pyrrole nitrogens is 1. The molecule has 9 heteroatoms. The summed E-state index contributed by atoms with van der Waals surface area (Å²) in [5.41, 5.74) is 0.800. The molecule has 0 bridgehead atoms. The van der Waals surface area contributed by atoms with Crippen LogP contribution in [-0.2, 0) is 9.59 Å². The highest BCUT2D eigenvalue weighted by atomic mass is 32.2. The molecule has 3 atom stereocenters.